The summed E-state index contributed by atoms with van der Waals surface area (Å²) in [6.07, 6.45) is 14.5. The Labute approximate surface area is 393 Å². The summed E-state index contributed by atoms with van der Waals surface area (Å²) in [6, 6.07) is 35.5. The Kier molecular flexibility index (Phi) is 19.7. The van der Waals surface area contributed by atoms with Crippen LogP contribution in [-0.4, -0.2) is 54.3 Å². The van der Waals surface area contributed by atoms with Gasteiger partial charge in [0.1, 0.15) is 29.7 Å². The predicted octanol–water partition coefficient (Wildman–Crippen LogP) is 12.5. The molecule has 4 aromatic rings. The highest BCUT2D eigenvalue weighted by molar-refractivity contribution is 6.38. The molecule has 2 aliphatic rings. The largest absolute Gasteiger partial charge is 0.494 e. The molecule has 66 heavy (non-hydrogen) atoms. The highest BCUT2D eigenvalue weighted by atomic mass is 16.5. The minimum atomic E-state index is -0.800. The molecule has 354 valence electrons. The van der Waals surface area contributed by atoms with E-state index in [4.69, 9.17) is 18.9 Å². The van der Waals surface area contributed by atoms with Crippen LogP contribution < -0.4 is 9.47 Å². The van der Waals surface area contributed by atoms with Crippen LogP contribution >= 0.6 is 0 Å². The van der Waals surface area contributed by atoms with Crippen LogP contribution in [0.4, 0.5) is 0 Å². The Morgan fingerprint density at radius 3 is 1.61 bits per heavy atom. The van der Waals surface area contributed by atoms with E-state index in [0.717, 1.165) is 93.1 Å². The molecule has 0 aromatic heterocycles. The summed E-state index contributed by atoms with van der Waals surface area (Å²) in [5, 5.41) is 0. The Morgan fingerprint density at radius 1 is 0.591 bits per heavy atom. The SMILES string of the molecule is CCC(C)(C)C(=O)C(=O)N1CCCC[C@H]1C(=O)O[C@H](CCc1ccccc1)c1cccc(OCCCCCCOc2cccc([C@@H](CCc3ccccc3)OC(=O)C3CCCCCC3)c2)c1. The van der Waals surface area contributed by atoms with E-state index in [9.17, 15) is 19.2 Å². The number of amides is 1. The molecule has 0 spiro atoms. The van der Waals surface area contributed by atoms with Crippen LogP contribution in [0.3, 0.4) is 0 Å². The van der Waals surface area contributed by atoms with Crippen molar-refractivity contribution >= 4 is 23.6 Å². The smallest absolute Gasteiger partial charge is 0.329 e. The molecule has 0 unspecified atom stereocenters. The molecule has 0 radical (unpaired) electrons. The Bertz CT molecular complexity index is 2110. The molecule has 9 heteroatoms. The number of ether oxygens (including phenoxy) is 4. The fourth-order valence-electron chi connectivity index (χ4n) is 8.99. The maximum Gasteiger partial charge on any atom is 0.329 e. The lowest BCUT2D eigenvalue weighted by molar-refractivity contribution is -0.164. The van der Waals surface area contributed by atoms with Crippen molar-refractivity contribution in [3.8, 4) is 11.5 Å². The van der Waals surface area contributed by atoms with E-state index in [0.29, 0.717) is 57.6 Å². The lowest BCUT2D eigenvalue weighted by Gasteiger charge is -2.36. The normalized spacial score (nSPS) is 16.7. The number of likely N-dealkylation sites (tertiary alicyclic amines) is 1. The van der Waals surface area contributed by atoms with E-state index < -0.39 is 35.2 Å². The molecule has 1 saturated carbocycles. The maximum atomic E-state index is 14.0. The number of piperidine rings is 1. The number of benzene rings is 4. The van der Waals surface area contributed by atoms with Gasteiger partial charge in [0, 0.05) is 12.0 Å². The number of rotatable bonds is 24. The summed E-state index contributed by atoms with van der Waals surface area (Å²) in [5.74, 6) is -0.117. The average Bonchev–Trinajstić information content (AvgIpc) is 3.65. The average molecular weight is 900 g/mol. The summed E-state index contributed by atoms with van der Waals surface area (Å²) in [7, 11) is 0. The fourth-order valence-corrected chi connectivity index (χ4v) is 8.99. The van der Waals surface area contributed by atoms with E-state index in [1.165, 1.54) is 23.3 Å². The summed E-state index contributed by atoms with van der Waals surface area (Å²) < 4.78 is 25.0. The van der Waals surface area contributed by atoms with Crippen LogP contribution in [0.25, 0.3) is 0 Å². The maximum absolute atomic E-state index is 14.0. The van der Waals surface area contributed by atoms with Crippen molar-refractivity contribution in [2.45, 2.75) is 155 Å². The van der Waals surface area contributed by atoms with Crippen molar-refractivity contribution < 1.29 is 38.1 Å². The molecule has 0 bridgehead atoms. The standard InChI is InChI=1S/C57H73NO8/c1-4-57(2,3)53(59)54(60)58-38-18-17-33-50(58)56(62)66-52(37-35-44-25-13-10-14-26-44)47-30-22-32-49(42-47)64-40-20-8-7-19-39-63-48-31-21-29-46(41-48)51(36-34-43-23-11-9-12-24-43)65-55(61)45-27-15-5-6-16-28-45/h9-14,21-26,29-32,41-42,45,50-52H,4-8,15-20,27-28,33-40H2,1-3H3/t50-,51+,52+/m0/s1. The highest BCUT2D eigenvalue weighted by Crippen LogP contribution is 2.33. The van der Waals surface area contributed by atoms with E-state index in [-0.39, 0.29) is 18.0 Å². The van der Waals surface area contributed by atoms with E-state index in [1.54, 1.807) is 13.8 Å². The molecule has 1 amide bonds. The highest BCUT2D eigenvalue weighted by Gasteiger charge is 2.41. The molecular formula is C57H73NO8. The number of aryl methyl sites for hydroxylation is 2. The van der Waals surface area contributed by atoms with Crippen LogP contribution in [0.1, 0.15) is 158 Å². The zero-order chi connectivity index (χ0) is 46.6. The van der Waals surface area contributed by atoms with Crippen LogP contribution in [0.2, 0.25) is 0 Å². The van der Waals surface area contributed by atoms with Gasteiger partial charge >= 0.3 is 11.9 Å². The van der Waals surface area contributed by atoms with Gasteiger partial charge in [-0.05, 0) is 136 Å². The number of Topliss-reactive ketones (excluding diaryl/α,β-unsaturated/α-hetero) is 1. The van der Waals surface area contributed by atoms with Gasteiger partial charge < -0.3 is 23.8 Å². The Hall–Kier alpha value is -5.44. The van der Waals surface area contributed by atoms with Gasteiger partial charge in [0.2, 0.25) is 5.78 Å². The first-order valence-corrected chi connectivity index (χ1v) is 24.9. The number of nitrogens with zero attached hydrogens (tertiary/aromatic N) is 1. The molecule has 6 rings (SSSR count). The molecule has 4 aromatic carbocycles. The lowest BCUT2D eigenvalue weighted by atomic mass is 9.84. The van der Waals surface area contributed by atoms with Crippen LogP contribution in [0, 0.1) is 11.3 Å². The number of hydrogen-bond donors (Lipinski definition) is 0. The van der Waals surface area contributed by atoms with Crippen LogP contribution in [0.15, 0.2) is 109 Å². The van der Waals surface area contributed by atoms with Crippen molar-refractivity contribution in [3.05, 3.63) is 131 Å². The monoisotopic (exact) mass is 900 g/mol. The zero-order valence-electron chi connectivity index (χ0n) is 39.8. The Morgan fingerprint density at radius 2 is 1.09 bits per heavy atom. The van der Waals surface area contributed by atoms with Crippen LogP contribution in [0.5, 0.6) is 11.5 Å². The van der Waals surface area contributed by atoms with E-state index in [1.807, 2.05) is 91.9 Å². The van der Waals surface area contributed by atoms with Gasteiger partial charge in [-0.1, -0.05) is 131 Å². The zero-order valence-corrected chi connectivity index (χ0v) is 39.8. The molecule has 2 fully saturated rings. The van der Waals surface area contributed by atoms with Gasteiger partial charge in [-0.15, -0.1) is 0 Å². The number of ketones is 1. The second kappa shape index (κ2) is 26.0. The minimum Gasteiger partial charge on any atom is -0.494 e. The Balaban J connectivity index is 0.985. The van der Waals surface area contributed by atoms with Gasteiger partial charge in [0.05, 0.1) is 19.1 Å². The molecule has 1 aliphatic carbocycles. The van der Waals surface area contributed by atoms with Crippen LogP contribution in [-0.2, 0) is 41.5 Å². The number of carbonyl (C=O) groups excluding carboxylic acids is 4. The third-order valence-corrected chi connectivity index (χ3v) is 13.5. The fraction of sp³-hybridized carbons (Fsp3) is 0.509. The minimum absolute atomic E-state index is 0.0163. The van der Waals surface area contributed by atoms with Gasteiger partial charge in [0.15, 0.2) is 0 Å². The first-order valence-electron chi connectivity index (χ1n) is 24.9. The third-order valence-electron chi connectivity index (χ3n) is 13.5. The van der Waals surface area contributed by atoms with Crippen molar-refractivity contribution in [1.82, 2.24) is 4.90 Å². The number of carbonyl (C=O) groups is 4. The molecule has 9 nitrogen and oxygen atoms in total. The van der Waals surface area contributed by atoms with Crippen molar-refractivity contribution in [2.75, 3.05) is 19.8 Å². The second-order valence-electron chi connectivity index (χ2n) is 18.9. The summed E-state index contributed by atoms with van der Waals surface area (Å²) >= 11 is 0. The molecular weight excluding hydrogens is 827 g/mol. The summed E-state index contributed by atoms with van der Waals surface area (Å²) in [5.41, 5.74) is 3.36. The third kappa shape index (κ3) is 15.3. The lowest BCUT2D eigenvalue weighted by Crippen LogP contribution is -2.53. The molecule has 1 saturated heterocycles. The van der Waals surface area contributed by atoms with Gasteiger partial charge in [-0.2, -0.15) is 0 Å². The van der Waals surface area contributed by atoms with E-state index in [2.05, 4.69) is 24.3 Å². The predicted molar refractivity (Wildman–Crippen MR) is 259 cm³/mol. The van der Waals surface area contributed by atoms with Gasteiger partial charge in [-0.25, -0.2) is 4.79 Å². The quantitative estimate of drug-likeness (QED) is 0.0296. The first-order chi connectivity index (χ1) is 32.1. The van der Waals surface area contributed by atoms with Gasteiger partial charge in [-0.3, -0.25) is 14.4 Å². The second-order valence-corrected chi connectivity index (χ2v) is 18.9. The van der Waals surface area contributed by atoms with Crippen molar-refractivity contribution in [2.24, 2.45) is 11.3 Å². The number of esters is 2. The molecule has 0 N–H and O–H groups in total. The first kappa shape index (κ1) is 50.0. The van der Waals surface area contributed by atoms with Gasteiger partial charge in [0.25, 0.3) is 5.91 Å². The summed E-state index contributed by atoms with van der Waals surface area (Å²) in [6.45, 7) is 6.95. The van der Waals surface area contributed by atoms with Crippen molar-refractivity contribution in [1.29, 1.82) is 0 Å². The number of unbranched alkanes of at least 4 members (excludes halogenated alkanes) is 3. The topological polar surface area (TPSA) is 108 Å². The van der Waals surface area contributed by atoms with E-state index >= 15 is 0 Å². The summed E-state index contributed by atoms with van der Waals surface area (Å²) in [4.78, 5) is 55.5. The van der Waals surface area contributed by atoms with Crippen molar-refractivity contribution in [3.63, 3.8) is 0 Å². The molecule has 1 aliphatic heterocycles. The molecule has 3 atom stereocenters. The molecule has 1 heterocycles. The number of hydrogen-bond acceptors (Lipinski definition) is 8.